The first-order valence-corrected chi connectivity index (χ1v) is 22.7. The van der Waals surface area contributed by atoms with Crippen LogP contribution < -0.4 is 0 Å². The Kier molecular flexibility index (Phi) is 35.3. The van der Waals surface area contributed by atoms with E-state index in [9.17, 15) is 19.4 Å². The number of phosphoric ester groups is 1. The standard InChI is InChI=1S/C44H80NO8P/c1-6-8-10-12-14-15-16-17-18-19-20-21-22-24-29-33-38-50-43(41-53-54(48,49)52-39-37-45(3,4)5)40-51-44(47)36-32-28-25-27-31-35-42(46)34-30-26-23-13-11-9-7-2/h9,11,17-18,23,26,30,33-34,38,42-43,46H,6-8,10,12-16,19-22,24-25,27-29,31-32,35-37,39-41H2,1-5H3/p+1/b11-9+,18-17-,26-23+,34-30+,38-33+/t42?,43-/m1/s1. The summed E-state index contributed by atoms with van der Waals surface area (Å²) in [4.78, 5) is 22.6. The van der Waals surface area contributed by atoms with Crippen molar-refractivity contribution in [1.29, 1.82) is 0 Å². The van der Waals surface area contributed by atoms with Crippen molar-refractivity contribution in [3.8, 4) is 0 Å². The highest BCUT2D eigenvalue weighted by Gasteiger charge is 2.25. The van der Waals surface area contributed by atoms with E-state index < -0.39 is 20.0 Å². The fourth-order valence-corrected chi connectivity index (χ4v) is 6.10. The maximum absolute atomic E-state index is 12.5. The zero-order valence-corrected chi connectivity index (χ0v) is 35.9. The summed E-state index contributed by atoms with van der Waals surface area (Å²) in [6.45, 7) is 4.63. The Balaban J connectivity index is 4.42. The van der Waals surface area contributed by atoms with E-state index >= 15 is 0 Å². The van der Waals surface area contributed by atoms with Crippen LogP contribution in [0.15, 0.2) is 60.9 Å². The highest BCUT2D eigenvalue weighted by molar-refractivity contribution is 7.47. The fraction of sp³-hybridized carbons (Fsp3) is 0.750. The lowest BCUT2D eigenvalue weighted by atomic mass is 10.1. The smallest absolute Gasteiger partial charge is 0.472 e. The van der Waals surface area contributed by atoms with E-state index in [1.54, 1.807) is 6.26 Å². The van der Waals surface area contributed by atoms with Crippen LogP contribution in [0.25, 0.3) is 0 Å². The van der Waals surface area contributed by atoms with Crippen molar-refractivity contribution in [3.05, 3.63) is 60.9 Å². The van der Waals surface area contributed by atoms with E-state index in [0.717, 1.165) is 70.6 Å². The summed E-state index contributed by atoms with van der Waals surface area (Å²) in [6.07, 6.45) is 42.3. The average molecular weight is 783 g/mol. The molecule has 0 bridgehead atoms. The number of ether oxygens (including phenoxy) is 2. The number of hydrogen-bond acceptors (Lipinski definition) is 7. The van der Waals surface area contributed by atoms with Gasteiger partial charge in [0.2, 0.25) is 0 Å². The molecule has 0 aromatic carbocycles. The zero-order valence-electron chi connectivity index (χ0n) is 35.1. The van der Waals surface area contributed by atoms with Gasteiger partial charge in [-0.25, -0.2) is 4.57 Å². The van der Waals surface area contributed by atoms with E-state index in [0.29, 0.717) is 17.4 Å². The van der Waals surface area contributed by atoms with Crippen LogP contribution >= 0.6 is 7.82 Å². The Morgan fingerprint density at radius 1 is 0.704 bits per heavy atom. The summed E-state index contributed by atoms with van der Waals surface area (Å²) in [7, 11) is 1.60. The molecule has 2 N–H and O–H groups in total. The van der Waals surface area contributed by atoms with Crippen LogP contribution in [0.1, 0.15) is 155 Å². The van der Waals surface area contributed by atoms with E-state index in [2.05, 4.69) is 44.2 Å². The summed E-state index contributed by atoms with van der Waals surface area (Å²) in [5.41, 5.74) is 0. The van der Waals surface area contributed by atoms with Crippen LogP contribution in [-0.2, 0) is 27.9 Å². The van der Waals surface area contributed by atoms with Crippen LogP contribution in [-0.4, -0.2) is 80.2 Å². The largest absolute Gasteiger partial charge is 0.492 e. The van der Waals surface area contributed by atoms with Crippen LogP contribution in [0, 0.1) is 0 Å². The first-order valence-electron chi connectivity index (χ1n) is 21.2. The van der Waals surface area contributed by atoms with E-state index in [-0.39, 0.29) is 32.2 Å². The van der Waals surface area contributed by atoms with Crippen molar-refractivity contribution in [3.63, 3.8) is 0 Å². The topological polar surface area (TPSA) is 112 Å². The van der Waals surface area contributed by atoms with Crippen molar-refractivity contribution in [2.45, 2.75) is 167 Å². The molecular weight excluding hydrogens is 701 g/mol. The van der Waals surface area contributed by atoms with Gasteiger partial charge in [-0.05, 0) is 70.3 Å². The molecule has 0 aliphatic heterocycles. The summed E-state index contributed by atoms with van der Waals surface area (Å²) in [6, 6.07) is 0. The number of phosphoric acid groups is 1. The number of hydrogen-bond donors (Lipinski definition) is 2. The van der Waals surface area contributed by atoms with Gasteiger partial charge in [-0.15, -0.1) is 0 Å². The number of nitrogens with zero attached hydrogens (tertiary/aromatic N) is 1. The molecule has 54 heavy (non-hydrogen) atoms. The van der Waals surface area contributed by atoms with Crippen molar-refractivity contribution >= 4 is 13.8 Å². The van der Waals surface area contributed by atoms with Gasteiger partial charge in [0.05, 0.1) is 40.1 Å². The molecule has 10 heteroatoms. The quantitative estimate of drug-likeness (QED) is 0.0121. The molecule has 0 aromatic rings. The highest BCUT2D eigenvalue weighted by atomic mass is 31.2. The van der Waals surface area contributed by atoms with Gasteiger partial charge in [0.15, 0.2) is 6.10 Å². The number of carbonyl (C=O) groups is 1. The monoisotopic (exact) mass is 783 g/mol. The minimum Gasteiger partial charge on any atom is -0.492 e. The number of quaternary nitrogens is 1. The molecule has 0 saturated carbocycles. The zero-order chi connectivity index (χ0) is 40.0. The second-order valence-corrected chi connectivity index (χ2v) is 16.7. The maximum Gasteiger partial charge on any atom is 0.472 e. The predicted molar refractivity (Wildman–Crippen MR) is 225 cm³/mol. The summed E-state index contributed by atoms with van der Waals surface area (Å²) in [5, 5.41) is 10.1. The predicted octanol–water partition coefficient (Wildman–Crippen LogP) is 11.5. The number of carbonyl (C=O) groups excluding carboxylic acids is 1. The van der Waals surface area contributed by atoms with Gasteiger partial charge in [-0.2, -0.15) is 0 Å². The van der Waals surface area contributed by atoms with Crippen LogP contribution in [0.4, 0.5) is 0 Å². The number of likely N-dealkylation sites (N-methyl/N-ethyl adjacent to an activating group) is 1. The molecule has 314 valence electrons. The van der Waals surface area contributed by atoms with Gasteiger partial charge in [0.25, 0.3) is 0 Å². The Morgan fingerprint density at radius 3 is 1.96 bits per heavy atom. The summed E-state index contributed by atoms with van der Waals surface area (Å²) >= 11 is 0. The van der Waals surface area contributed by atoms with E-state index in [1.165, 1.54) is 57.8 Å². The van der Waals surface area contributed by atoms with Gasteiger partial charge in [0, 0.05) is 6.42 Å². The average Bonchev–Trinajstić information content (AvgIpc) is 3.12. The molecule has 0 spiro atoms. The van der Waals surface area contributed by atoms with Gasteiger partial charge in [0.1, 0.15) is 19.8 Å². The lowest BCUT2D eigenvalue weighted by Gasteiger charge is -2.24. The molecule has 0 aliphatic carbocycles. The Morgan fingerprint density at radius 2 is 1.31 bits per heavy atom. The third kappa shape index (κ3) is 39.7. The fourth-order valence-electron chi connectivity index (χ4n) is 5.36. The first-order chi connectivity index (χ1) is 26.0. The van der Waals surface area contributed by atoms with Gasteiger partial charge in [-0.1, -0.05) is 133 Å². The van der Waals surface area contributed by atoms with Gasteiger partial charge >= 0.3 is 13.8 Å². The SMILES string of the molecule is CC/C=C/C/C=C/C=C/C(O)CCCCCCCC(=O)OC[C@H](COP(=O)(O)OCC[N+](C)(C)C)O/C=C/CCCCCC/C=C\CCCCCCCC. The van der Waals surface area contributed by atoms with Crippen molar-refractivity contribution < 1.29 is 42.4 Å². The van der Waals surface area contributed by atoms with Gasteiger partial charge < -0.3 is 24.0 Å². The molecule has 3 atom stereocenters. The number of aliphatic hydroxyl groups excluding tert-OH is 1. The molecule has 0 saturated heterocycles. The lowest BCUT2D eigenvalue weighted by Crippen LogP contribution is -2.37. The molecular formula is C44H81NO8P+. The van der Waals surface area contributed by atoms with Crippen molar-refractivity contribution in [2.24, 2.45) is 0 Å². The van der Waals surface area contributed by atoms with E-state index in [1.807, 2.05) is 45.4 Å². The van der Waals surface area contributed by atoms with Crippen molar-refractivity contribution in [2.75, 3.05) is 47.5 Å². The number of aliphatic hydroxyl groups is 1. The van der Waals surface area contributed by atoms with Crippen LogP contribution in [0.3, 0.4) is 0 Å². The molecule has 2 unspecified atom stereocenters. The third-order valence-corrected chi connectivity index (χ3v) is 9.74. The number of rotatable bonds is 38. The number of unbranched alkanes of at least 4 members (excludes halogenated alkanes) is 15. The molecule has 9 nitrogen and oxygen atoms in total. The first kappa shape index (κ1) is 52.0. The molecule has 0 amide bonds. The van der Waals surface area contributed by atoms with Crippen molar-refractivity contribution in [1.82, 2.24) is 0 Å². The highest BCUT2D eigenvalue weighted by Crippen LogP contribution is 2.43. The van der Waals surface area contributed by atoms with Crippen LogP contribution in [0.2, 0.25) is 0 Å². The minimum absolute atomic E-state index is 0.0693. The second-order valence-electron chi connectivity index (χ2n) is 15.2. The maximum atomic E-state index is 12.5. The molecule has 0 rings (SSSR count). The second kappa shape index (κ2) is 36.6. The number of esters is 1. The molecule has 0 fully saturated rings. The normalized spacial score (nSPS) is 14.9. The molecule has 0 aromatic heterocycles. The molecule has 0 aliphatic rings. The summed E-state index contributed by atoms with van der Waals surface area (Å²) in [5.74, 6) is -0.338. The Labute approximate surface area is 331 Å². The molecule has 0 heterocycles. The van der Waals surface area contributed by atoms with E-state index in [4.69, 9.17) is 18.5 Å². The Hall–Kier alpha value is -2.00. The number of allylic oxidation sites excluding steroid dienone is 8. The Bertz CT molecular complexity index is 1070. The lowest BCUT2D eigenvalue weighted by molar-refractivity contribution is -0.870. The third-order valence-electron chi connectivity index (χ3n) is 8.76. The van der Waals surface area contributed by atoms with Gasteiger partial charge in [-0.3, -0.25) is 13.8 Å². The van der Waals surface area contributed by atoms with Crippen LogP contribution in [0.5, 0.6) is 0 Å². The minimum atomic E-state index is -4.29. The summed E-state index contributed by atoms with van der Waals surface area (Å²) < 4.78 is 34.6. The molecule has 0 radical (unpaired) electrons.